The zero-order chi connectivity index (χ0) is 19.8. The average molecular weight is 370 g/mol. The van der Waals surface area contributed by atoms with Crippen molar-refractivity contribution in [3.63, 3.8) is 0 Å². The molecule has 0 aliphatic heterocycles. The number of carbonyl (C=O) groups excluding carboxylic acids is 1. The monoisotopic (exact) mass is 370 g/mol. The number of hydrogen-bond donors (Lipinski definition) is 1. The van der Waals surface area contributed by atoms with E-state index in [9.17, 15) is 31.1 Å². The van der Waals surface area contributed by atoms with Crippen LogP contribution >= 0.6 is 0 Å². The topological polar surface area (TPSA) is 64.3 Å². The highest BCUT2D eigenvalue weighted by atomic mass is 19.4. The highest BCUT2D eigenvalue weighted by molar-refractivity contribution is 5.64. The minimum absolute atomic E-state index is 0.180. The van der Waals surface area contributed by atoms with Crippen molar-refractivity contribution in [3.8, 4) is 6.07 Å². The third kappa shape index (κ3) is 5.94. The fourth-order valence-corrected chi connectivity index (χ4v) is 2.16. The Morgan fingerprint density at radius 2 is 1.80 bits per heavy atom. The van der Waals surface area contributed by atoms with Crippen LogP contribution < -0.4 is 4.90 Å². The molecular weight excluding hydrogens is 354 g/mol. The van der Waals surface area contributed by atoms with Crippen molar-refractivity contribution in [3.05, 3.63) is 29.3 Å². The third-order valence-corrected chi connectivity index (χ3v) is 3.17. The van der Waals surface area contributed by atoms with Crippen LogP contribution in [0.5, 0.6) is 0 Å². The smallest absolute Gasteiger partial charge is 0.400 e. The van der Waals surface area contributed by atoms with Crippen LogP contribution in [0.15, 0.2) is 18.2 Å². The first-order valence-corrected chi connectivity index (χ1v) is 6.89. The van der Waals surface area contributed by atoms with Gasteiger partial charge in [-0.15, -0.1) is 0 Å². The van der Waals surface area contributed by atoms with E-state index in [0.717, 1.165) is 19.2 Å². The lowest BCUT2D eigenvalue weighted by atomic mass is 10.0. The molecule has 0 saturated carbocycles. The Balaban J connectivity index is 0.00000277. The Morgan fingerprint density at radius 3 is 2.16 bits per heavy atom. The second-order valence-electron chi connectivity index (χ2n) is 4.62. The van der Waals surface area contributed by atoms with Gasteiger partial charge >= 0.3 is 12.4 Å². The molecular formula is C15H16F6N2O2. The van der Waals surface area contributed by atoms with Crippen molar-refractivity contribution in [2.24, 2.45) is 0 Å². The van der Waals surface area contributed by atoms with Crippen molar-refractivity contribution >= 4 is 12.0 Å². The maximum atomic E-state index is 13.0. The number of aliphatic hydroxyl groups excluding tert-OH is 1. The second kappa shape index (κ2) is 9.27. The minimum Gasteiger partial charge on any atom is -0.400 e. The molecule has 0 aromatic heterocycles. The predicted octanol–water partition coefficient (Wildman–Crippen LogP) is 3.53. The molecule has 0 heterocycles. The van der Waals surface area contributed by atoms with Crippen molar-refractivity contribution in [1.82, 2.24) is 0 Å². The molecule has 1 N–H and O–H groups in total. The van der Waals surface area contributed by atoms with Gasteiger partial charge in [0.1, 0.15) is 12.3 Å². The molecule has 0 aliphatic rings. The number of aldehydes is 1. The van der Waals surface area contributed by atoms with Gasteiger partial charge in [-0.05, 0) is 24.6 Å². The quantitative estimate of drug-likeness (QED) is 0.636. The summed E-state index contributed by atoms with van der Waals surface area (Å²) in [6.45, 7) is 0.492. The lowest BCUT2D eigenvalue weighted by Gasteiger charge is -2.33. The molecule has 1 aromatic carbocycles. The standard InChI is InChI=1S/C14H12F6N2O.CH4O/c1-2-12(14(18,19)20)22(5-6-23)10-4-3-9(8-21)11(7-10)13(15,16)17;1-2/h3-4,6-7,12H,2,5H2,1H3;2H,1H3. The van der Waals surface area contributed by atoms with Crippen LogP contribution in [0.25, 0.3) is 0 Å². The van der Waals surface area contributed by atoms with Gasteiger partial charge in [0, 0.05) is 12.8 Å². The molecule has 25 heavy (non-hydrogen) atoms. The van der Waals surface area contributed by atoms with Crippen LogP contribution in [0.1, 0.15) is 24.5 Å². The first kappa shape index (κ1) is 22.7. The molecule has 0 amide bonds. The van der Waals surface area contributed by atoms with E-state index in [2.05, 4.69) is 0 Å². The summed E-state index contributed by atoms with van der Waals surface area (Å²) in [5.74, 6) is 0. The van der Waals surface area contributed by atoms with E-state index in [-0.39, 0.29) is 6.29 Å². The van der Waals surface area contributed by atoms with Gasteiger partial charge < -0.3 is 14.8 Å². The number of halogens is 6. The zero-order valence-corrected chi connectivity index (χ0v) is 13.3. The first-order chi connectivity index (χ1) is 11.6. The molecule has 0 radical (unpaired) electrons. The molecule has 1 aromatic rings. The fourth-order valence-electron chi connectivity index (χ4n) is 2.16. The van der Waals surface area contributed by atoms with E-state index in [1.165, 1.54) is 13.0 Å². The van der Waals surface area contributed by atoms with Crippen LogP contribution in [-0.4, -0.2) is 37.3 Å². The van der Waals surface area contributed by atoms with Crippen LogP contribution in [0, 0.1) is 11.3 Å². The average Bonchev–Trinajstić information content (AvgIpc) is 2.54. The molecule has 0 bridgehead atoms. The zero-order valence-electron chi connectivity index (χ0n) is 13.3. The van der Waals surface area contributed by atoms with E-state index in [1.807, 2.05) is 0 Å². The van der Waals surface area contributed by atoms with Crippen LogP contribution in [0.2, 0.25) is 0 Å². The van der Waals surface area contributed by atoms with Crippen LogP contribution in [0.3, 0.4) is 0 Å². The van der Waals surface area contributed by atoms with Crippen molar-refractivity contribution < 1.29 is 36.2 Å². The normalized spacial score (nSPS) is 12.5. The summed E-state index contributed by atoms with van der Waals surface area (Å²) >= 11 is 0. The van der Waals surface area contributed by atoms with Gasteiger partial charge in [0.15, 0.2) is 0 Å². The van der Waals surface area contributed by atoms with E-state index in [0.29, 0.717) is 11.0 Å². The Hall–Kier alpha value is -2.28. The molecule has 0 saturated heterocycles. The summed E-state index contributed by atoms with van der Waals surface area (Å²) < 4.78 is 77.8. The Morgan fingerprint density at radius 1 is 1.24 bits per heavy atom. The molecule has 10 heteroatoms. The lowest BCUT2D eigenvalue weighted by Crippen LogP contribution is -2.46. The fraction of sp³-hybridized carbons (Fsp3) is 0.467. The van der Waals surface area contributed by atoms with Crippen LogP contribution in [0.4, 0.5) is 32.0 Å². The summed E-state index contributed by atoms with van der Waals surface area (Å²) in [6.07, 6.45) is -9.88. The second-order valence-corrected chi connectivity index (χ2v) is 4.62. The van der Waals surface area contributed by atoms with Crippen molar-refractivity contribution in [1.29, 1.82) is 5.26 Å². The largest absolute Gasteiger partial charge is 0.417 e. The molecule has 0 fully saturated rings. The Kier molecular flexibility index (Phi) is 8.42. The summed E-state index contributed by atoms with van der Waals surface area (Å²) in [6, 6.07) is 1.44. The summed E-state index contributed by atoms with van der Waals surface area (Å²) in [5, 5.41) is 15.7. The molecule has 1 rings (SSSR count). The summed E-state index contributed by atoms with van der Waals surface area (Å²) in [5.41, 5.74) is -2.47. The molecule has 1 atom stereocenters. The highest BCUT2D eigenvalue weighted by Gasteiger charge is 2.43. The van der Waals surface area contributed by atoms with E-state index >= 15 is 0 Å². The van der Waals surface area contributed by atoms with Crippen molar-refractivity contribution in [2.75, 3.05) is 18.6 Å². The maximum Gasteiger partial charge on any atom is 0.417 e. The molecule has 0 spiro atoms. The predicted molar refractivity (Wildman–Crippen MR) is 77.8 cm³/mol. The Labute approximate surface area is 140 Å². The number of alkyl halides is 6. The summed E-state index contributed by atoms with van der Waals surface area (Å²) in [4.78, 5) is 11.2. The maximum absolute atomic E-state index is 13.0. The third-order valence-electron chi connectivity index (χ3n) is 3.17. The van der Waals surface area contributed by atoms with Gasteiger partial charge in [-0.2, -0.15) is 31.6 Å². The number of anilines is 1. The van der Waals surface area contributed by atoms with E-state index in [4.69, 9.17) is 10.4 Å². The highest BCUT2D eigenvalue weighted by Crippen LogP contribution is 2.36. The number of nitriles is 1. The number of nitrogens with zero attached hydrogens (tertiary/aromatic N) is 2. The molecule has 0 aliphatic carbocycles. The van der Waals surface area contributed by atoms with Gasteiger partial charge in [0.25, 0.3) is 0 Å². The molecule has 140 valence electrons. The van der Waals surface area contributed by atoms with Gasteiger partial charge in [0.2, 0.25) is 0 Å². The van der Waals surface area contributed by atoms with Gasteiger partial charge in [-0.1, -0.05) is 6.92 Å². The SMILES string of the molecule is CCC(N(CC=O)c1ccc(C#N)c(C(F)(F)F)c1)C(F)(F)F.CO. The number of rotatable bonds is 5. The Bertz CT molecular complexity index is 608. The number of hydrogen-bond acceptors (Lipinski definition) is 4. The van der Waals surface area contributed by atoms with E-state index in [1.54, 1.807) is 0 Å². The van der Waals surface area contributed by atoms with Crippen LogP contribution in [-0.2, 0) is 11.0 Å². The summed E-state index contributed by atoms with van der Waals surface area (Å²) in [7, 11) is 1.00. The number of benzene rings is 1. The van der Waals surface area contributed by atoms with Gasteiger partial charge in [0.05, 0.1) is 23.7 Å². The molecule has 4 nitrogen and oxygen atoms in total. The first-order valence-electron chi connectivity index (χ1n) is 6.89. The van der Waals surface area contributed by atoms with Crippen molar-refractivity contribution in [2.45, 2.75) is 31.7 Å². The van der Waals surface area contributed by atoms with E-state index < -0.39 is 48.2 Å². The van der Waals surface area contributed by atoms with Gasteiger partial charge in [-0.3, -0.25) is 0 Å². The minimum atomic E-state index is -4.89. The lowest BCUT2D eigenvalue weighted by molar-refractivity contribution is -0.149. The van der Waals surface area contributed by atoms with Gasteiger partial charge in [-0.25, -0.2) is 0 Å². The number of aliphatic hydroxyl groups is 1. The number of carbonyl (C=O) groups is 1. The molecule has 1 unspecified atom stereocenters.